The summed E-state index contributed by atoms with van der Waals surface area (Å²) in [6, 6.07) is 21.0. The summed E-state index contributed by atoms with van der Waals surface area (Å²) in [4.78, 5) is 0. The molecule has 0 radical (unpaired) electrons. The van der Waals surface area contributed by atoms with E-state index >= 15 is 0 Å². The van der Waals surface area contributed by atoms with Gasteiger partial charge in [-0.15, -0.1) is 0 Å². The van der Waals surface area contributed by atoms with Crippen LogP contribution in [0.4, 0.5) is 0 Å². The van der Waals surface area contributed by atoms with E-state index in [1.165, 1.54) is 11.1 Å². The Hall–Kier alpha value is -1.64. The second kappa shape index (κ2) is 12.7. The molecule has 2 atom stereocenters. The molecule has 0 saturated carbocycles. The third-order valence-corrected chi connectivity index (χ3v) is 3.60. The zero-order chi connectivity index (χ0) is 17.6. The zero-order valence-electron chi connectivity index (χ0n) is 15.6. The Morgan fingerprint density at radius 1 is 0.667 bits per heavy atom. The molecule has 2 nitrogen and oxygen atoms in total. The Morgan fingerprint density at radius 2 is 1.04 bits per heavy atom. The third-order valence-electron chi connectivity index (χ3n) is 3.60. The van der Waals surface area contributed by atoms with E-state index in [1.807, 2.05) is 26.0 Å². The summed E-state index contributed by atoms with van der Waals surface area (Å²) in [7, 11) is 0. The van der Waals surface area contributed by atoms with Crippen LogP contribution in [0.3, 0.4) is 0 Å². The molecule has 0 heterocycles. The highest BCUT2D eigenvalue weighted by atomic mass is 16.5. The van der Waals surface area contributed by atoms with E-state index in [1.54, 1.807) is 0 Å². The van der Waals surface area contributed by atoms with E-state index in [0.29, 0.717) is 0 Å². The molecule has 2 aromatic rings. The van der Waals surface area contributed by atoms with E-state index in [0.717, 1.165) is 26.1 Å². The van der Waals surface area contributed by atoms with Gasteiger partial charge >= 0.3 is 0 Å². The van der Waals surface area contributed by atoms with Gasteiger partial charge in [0.05, 0.1) is 12.2 Å². The van der Waals surface area contributed by atoms with Gasteiger partial charge in [0.2, 0.25) is 0 Å². The first-order valence-electron chi connectivity index (χ1n) is 8.96. The molecular weight excluding hydrogens is 296 g/mol. The molecule has 24 heavy (non-hydrogen) atoms. The Bertz CT molecular complexity index is 463. The van der Waals surface area contributed by atoms with Gasteiger partial charge in [0.15, 0.2) is 0 Å². The molecule has 2 heteroatoms. The van der Waals surface area contributed by atoms with Crippen molar-refractivity contribution in [1.29, 1.82) is 0 Å². The van der Waals surface area contributed by atoms with Crippen LogP contribution in [0.25, 0.3) is 0 Å². The maximum absolute atomic E-state index is 6.06. The topological polar surface area (TPSA) is 18.5 Å². The smallest absolute Gasteiger partial charge is 0.0591 e. The van der Waals surface area contributed by atoms with Crippen molar-refractivity contribution in [2.24, 2.45) is 0 Å². The van der Waals surface area contributed by atoms with Gasteiger partial charge in [0.1, 0.15) is 0 Å². The molecule has 2 rings (SSSR count). The lowest BCUT2D eigenvalue weighted by Gasteiger charge is -2.19. The summed E-state index contributed by atoms with van der Waals surface area (Å²) in [5.41, 5.74) is 2.67. The van der Waals surface area contributed by atoms with Gasteiger partial charge in [0, 0.05) is 13.2 Å². The van der Waals surface area contributed by atoms with Gasteiger partial charge in [0.25, 0.3) is 0 Å². The molecule has 0 aliphatic heterocycles. The third kappa shape index (κ3) is 9.49. The second-order valence-corrected chi connectivity index (χ2v) is 5.92. The average Bonchev–Trinajstić information content (AvgIpc) is 2.57. The van der Waals surface area contributed by atoms with Crippen molar-refractivity contribution in [3.8, 4) is 0 Å². The molecule has 0 aliphatic rings. The van der Waals surface area contributed by atoms with Crippen LogP contribution < -0.4 is 0 Å². The van der Waals surface area contributed by atoms with E-state index in [2.05, 4.69) is 62.4 Å². The molecule has 0 aromatic heterocycles. The molecular formula is C22H32O2. The van der Waals surface area contributed by atoms with Crippen LogP contribution in [0.15, 0.2) is 60.7 Å². The molecule has 0 bridgehead atoms. The van der Waals surface area contributed by atoms with Crippen molar-refractivity contribution < 1.29 is 9.47 Å². The van der Waals surface area contributed by atoms with Gasteiger partial charge < -0.3 is 9.47 Å². The molecule has 0 spiro atoms. The number of rotatable bonds is 8. The second-order valence-electron chi connectivity index (χ2n) is 5.92. The van der Waals surface area contributed by atoms with Gasteiger partial charge in [-0.05, 0) is 51.7 Å². The molecule has 2 unspecified atom stereocenters. The minimum Gasteiger partial charge on any atom is -0.382 e. The van der Waals surface area contributed by atoms with Crippen LogP contribution in [0.1, 0.15) is 38.8 Å². The van der Waals surface area contributed by atoms with E-state index in [4.69, 9.17) is 9.47 Å². The van der Waals surface area contributed by atoms with Crippen LogP contribution in [-0.2, 0) is 22.3 Å². The summed E-state index contributed by atoms with van der Waals surface area (Å²) in [5.74, 6) is 0. The first-order chi connectivity index (χ1) is 11.7. The van der Waals surface area contributed by atoms with Crippen LogP contribution in [0, 0.1) is 0 Å². The lowest BCUT2D eigenvalue weighted by Crippen LogP contribution is -2.21. The molecule has 0 amide bonds. The highest BCUT2D eigenvalue weighted by Gasteiger charge is 2.10. The number of benzene rings is 2. The number of hydrogen-bond donors (Lipinski definition) is 0. The molecule has 0 saturated heterocycles. The summed E-state index contributed by atoms with van der Waals surface area (Å²) >= 11 is 0. The molecule has 132 valence electrons. The molecule has 0 fully saturated rings. The monoisotopic (exact) mass is 328 g/mol. The quantitative estimate of drug-likeness (QED) is 0.654. The predicted molar refractivity (Wildman–Crippen MR) is 102 cm³/mol. The summed E-state index contributed by atoms with van der Waals surface area (Å²) in [6.45, 7) is 9.96. The largest absolute Gasteiger partial charge is 0.382 e. The maximum Gasteiger partial charge on any atom is 0.0591 e. The lowest BCUT2D eigenvalue weighted by molar-refractivity contribution is 0.00945. The van der Waals surface area contributed by atoms with Crippen LogP contribution in [-0.4, -0.2) is 25.4 Å². The van der Waals surface area contributed by atoms with Crippen molar-refractivity contribution in [3.63, 3.8) is 0 Å². The Balaban J connectivity index is 0.000000505. The summed E-state index contributed by atoms with van der Waals surface area (Å²) in [5, 5.41) is 0. The van der Waals surface area contributed by atoms with Crippen molar-refractivity contribution >= 4 is 0 Å². The van der Waals surface area contributed by atoms with E-state index in [9.17, 15) is 0 Å². The van der Waals surface area contributed by atoms with Gasteiger partial charge in [-0.3, -0.25) is 0 Å². The van der Waals surface area contributed by atoms with Crippen molar-refractivity contribution in [3.05, 3.63) is 71.8 Å². The van der Waals surface area contributed by atoms with Crippen molar-refractivity contribution in [2.75, 3.05) is 13.2 Å². The lowest BCUT2D eigenvalue weighted by atomic mass is 10.1. The normalized spacial score (nSPS) is 12.8. The predicted octanol–water partition coefficient (Wildman–Crippen LogP) is 5.31. The summed E-state index contributed by atoms with van der Waals surface area (Å²) < 4.78 is 10.9. The molecule has 2 aromatic carbocycles. The van der Waals surface area contributed by atoms with E-state index < -0.39 is 0 Å². The Morgan fingerprint density at radius 3 is 1.33 bits per heavy atom. The number of ether oxygens (including phenoxy) is 2. The number of hydrogen-bond acceptors (Lipinski definition) is 2. The SMILES string of the molecule is CC(Cc1ccccc1)OC(C)Cc1ccccc1.CCOCC. The van der Waals surface area contributed by atoms with Crippen molar-refractivity contribution in [2.45, 2.75) is 52.7 Å². The highest BCUT2D eigenvalue weighted by Crippen LogP contribution is 2.11. The van der Waals surface area contributed by atoms with Gasteiger partial charge in [-0.2, -0.15) is 0 Å². The Labute approximate surface area is 147 Å². The highest BCUT2D eigenvalue weighted by molar-refractivity contribution is 5.16. The minimum absolute atomic E-state index is 0.251. The Kier molecular flexibility index (Phi) is 10.8. The van der Waals surface area contributed by atoms with Crippen LogP contribution >= 0.6 is 0 Å². The average molecular weight is 328 g/mol. The zero-order valence-corrected chi connectivity index (χ0v) is 15.6. The molecule has 0 aliphatic carbocycles. The maximum atomic E-state index is 6.06. The van der Waals surface area contributed by atoms with E-state index in [-0.39, 0.29) is 12.2 Å². The van der Waals surface area contributed by atoms with Gasteiger partial charge in [-0.25, -0.2) is 0 Å². The fourth-order valence-corrected chi connectivity index (χ4v) is 2.59. The molecule has 0 N–H and O–H groups in total. The van der Waals surface area contributed by atoms with Gasteiger partial charge in [-0.1, -0.05) is 60.7 Å². The fraction of sp³-hybridized carbons (Fsp3) is 0.455. The van der Waals surface area contributed by atoms with Crippen LogP contribution in [0.2, 0.25) is 0 Å². The standard InChI is InChI=1S/C18H22O.C4H10O/c1-15(13-17-9-5-3-6-10-17)19-16(2)14-18-11-7-4-8-12-18;1-3-5-4-2/h3-12,15-16H,13-14H2,1-2H3;3-4H2,1-2H3. The van der Waals surface area contributed by atoms with Crippen molar-refractivity contribution in [1.82, 2.24) is 0 Å². The first-order valence-corrected chi connectivity index (χ1v) is 8.96. The summed E-state index contributed by atoms with van der Waals surface area (Å²) in [6.07, 6.45) is 2.45. The van der Waals surface area contributed by atoms with Crippen LogP contribution in [0.5, 0.6) is 0 Å². The minimum atomic E-state index is 0.251. The first kappa shape index (κ1) is 20.4. The fourth-order valence-electron chi connectivity index (χ4n) is 2.59.